The number of ether oxygens (including phenoxy) is 1. The zero-order valence-corrected chi connectivity index (χ0v) is 8.08. The fourth-order valence-electron chi connectivity index (χ4n) is 1.55. The van der Waals surface area contributed by atoms with Crippen molar-refractivity contribution in [1.82, 2.24) is 5.32 Å². The second-order valence-electron chi connectivity index (χ2n) is 3.45. The third-order valence-corrected chi connectivity index (χ3v) is 2.28. The molecular formula is C9H18N2O2. The van der Waals surface area contributed by atoms with E-state index in [2.05, 4.69) is 5.32 Å². The minimum Gasteiger partial charge on any atom is -0.376 e. The Morgan fingerprint density at radius 2 is 2.54 bits per heavy atom. The maximum absolute atomic E-state index is 11.2. The van der Waals surface area contributed by atoms with Crippen LogP contribution in [0.5, 0.6) is 0 Å². The first-order chi connectivity index (χ1) is 6.24. The molecule has 1 heterocycles. The van der Waals surface area contributed by atoms with Gasteiger partial charge in [0.05, 0.1) is 12.1 Å². The topological polar surface area (TPSA) is 64.4 Å². The van der Waals surface area contributed by atoms with E-state index >= 15 is 0 Å². The van der Waals surface area contributed by atoms with Crippen LogP contribution in [0.15, 0.2) is 0 Å². The van der Waals surface area contributed by atoms with Crippen molar-refractivity contribution in [2.75, 3.05) is 13.2 Å². The minimum atomic E-state index is 0.0190. The van der Waals surface area contributed by atoms with Crippen molar-refractivity contribution in [2.45, 2.75) is 38.3 Å². The fraction of sp³-hybridized carbons (Fsp3) is 0.889. The summed E-state index contributed by atoms with van der Waals surface area (Å²) < 4.78 is 5.45. The molecule has 76 valence electrons. The van der Waals surface area contributed by atoms with Crippen LogP contribution >= 0.6 is 0 Å². The van der Waals surface area contributed by atoms with E-state index in [1.165, 1.54) is 0 Å². The first-order valence-electron chi connectivity index (χ1n) is 4.85. The van der Waals surface area contributed by atoms with Crippen LogP contribution in [0, 0.1) is 0 Å². The zero-order valence-electron chi connectivity index (χ0n) is 8.08. The van der Waals surface area contributed by atoms with E-state index in [9.17, 15) is 4.79 Å². The summed E-state index contributed by atoms with van der Waals surface area (Å²) in [5, 5.41) is 2.88. The highest BCUT2D eigenvalue weighted by Gasteiger charge is 2.23. The lowest BCUT2D eigenvalue weighted by Gasteiger charge is -2.19. The van der Waals surface area contributed by atoms with Crippen LogP contribution in [0.2, 0.25) is 0 Å². The average Bonchev–Trinajstić information content (AvgIpc) is 2.55. The molecule has 1 amide bonds. The number of carbonyl (C=O) groups is 1. The zero-order chi connectivity index (χ0) is 9.68. The van der Waals surface area contributed by atoms with Gasteiger partial charge in [-0.1, -0.05) is 0 Å². The second kappa shape index (κ2) is 5.19. The Hall–Kier alpha value is -0.610. The maximum atomic E-state index is 11.2. The lowest BCUT2D eigenvalue weighted by Crippen LogP contribution is -2.41. The molecule has 1 rings (SSSR count). The monoisotopic (exact) mass is 186 g/mol. The van der Waals surface area contributed by atoms with Gasteiger partial charge in [-0.05, 0) is 19.8 Å². The summed E-state index contributed by atoms with van der Waals surface area (Å²) in [5.41, 5.74) is 5.27. The van der Waals surface area contributed by atoms with Gasteiger partial charge in [0.2, 0.25) is 5.91 Å². The molecule has 2 unspecified atom stereocenters. The molecule has 3 N–H and O–H groups in total. The van der Waals surface area contributed by atoms with Gasteiger partial charge < -0.3 is 15.8 Å². The lowest BCUT2D eigenvalue weighted by atomic mass is 10.1. The fourth-order valence-corrected chi connectivity index (χ4v) is 1.55. The largest absolute Gasteiger partial charge is 0.376 e. The van der Waals surface area contributed by atoms with Crippen molar-refractivity contribution < 1.29 is 9.53 Å². The Bertz CT molecular complexity index is 167. The molecule has 0 saturated carbocycles. The molecule has 0 spiro atoms. The number of rotatable bonds is 4. The van der Waals surface area contributed by atoms with Crippen molar-refractivity contribution in [3.05, 3.63) is 0 Å². The van der Waals surface area contributed by atoms with Crippen LogP contribution in [0.3, 0.4) is 0 Å². The molecule has 1 fully saturated rings. The van der Waals surface area contributed by atoms with E-state index < -0.39 is 0 Å². The van der Waals surface area contributed by atoms with Crippen LogP contribution in [-0.4, -0.2) is 31.2 Å². The number of carbonyl (C=O) groups excluding carboxylic acids is 1. The maximum Gasteiger partial charge on any atom is 0.221 e. The molecular weight excluding hydrogens is 168 g/mol. The summed E-state index contributed by atoms with van der Waals surface area (Å²) in [6.45, 7) is 3.20. The highest BCUT2D eigenvalue weighted by molar-refractivity contribution is 5.76. The molecule has 0 aromatic rings. The molecule has 0 bridgehead atoms. The Balaban J connectivity index is 2.22. The van der Waals surface area contributed by atoms with E-state index in [4.69, 9.17) is 10.5 Å². The van der Waals surface area contributed by atoms with Crippen LogP contribution in [0.1, 0.15) is 26.2 Å². The van der Waals surface area contributed by atoms with Gasteiger partial charge in [0, 0.05) is 19.6 Å². The minimum absolute atomic E-state index is 0.0190. The second-order valence-corrected chi connectivity index (χ2v) is 3.45. The first kappa shape index (κ1) is 10.5. The lowest BCUT2D eigenvalue weighted by molar-refractivity contribution is -0.122. The molecule has 4 heteroatoms. The third-order valence-electron chi connectivity index (χ3n) is 2.28. The molecule has 0 radical (unpaired) electrons. The number of nitrogens with one attached hydrogen (secondary N) is 1. The van der Waals surface area contributed by atoms with Crippen molar-refractivity contribution in [1.29, 1.82) is 0 Å². The molecule has 1 saturated heterocycles. The van der Waals surface area contributed by atoms with Crippen molar-refractivity contribution >= 4 is 5.91 Å². The molecule has 0 aliphatic carbocycles. The third kappa shape index (κ3) is 3.32. The predicted molar refractivity (Wildman–Crippen MR) is 50.3 cm³/mol. The first-order valence-corrected chi connectivity index (χ1v) is 4.85. The molecule has 4 nitrogen and oxygen atoms in total. The standard InChI is InChI=1S/C9H18N2O2/c1-7(8-3-2-6-13-8)11-9(12)4-5-10/h7-8H,2-6,10H2,1H3,(H,11,12). The molecule has 0 aromatic carbocycles. The number of nitrogens with two attached hydrogens (primary N) is 1. The van der Waals surface area contributed by atoms with Gasteiger partial charge in [-0.15, -0.1) is 0 Å². The van der Waals surface area contributed by atoms with Gasteiger partial charge in [0.1, 0.15) is 0 Å². The summed E-state index contributed by atoms with van der Waals surface area (Å²) in [7, 11) is 0. The Labute approximate surface area is 78.8 Å². The summed E-state index contributed by atoms with van der Waals surface area (Å²) >= 11 is 0. The Morgan fingerprint density at radius 3 is 3.08 bits per heavy atom. The summed E-state index contributed by atoms with van der Waals surface area (Å²) in [5.74, 6) is 0.0190. The Kier molecular flexibility index (Phi) is 4.18. The number of hydrogen-bond acceptors (Lipinski definition) is 3. The normalized spacial score (nSPS) is 24.3. The van der Waals surface area contributed by atoms with Crippen LogP contribution in [-0.2, 0) is 9.53 Å². The average molecular weight is 186 g/mol. The van der Waals surface area contributed by atoms with E-state index in [-0.39, 0.29) is 18.1 Å². The quantitative estimate of drug-likeness (QED) is 0.650. The number of amides is 1. The molecule has 0 aromatic heterocycles. The van der Waals surface area contributed by atoms with Gasteiger partial charge >= 0.3 is 0 Å². The van der Waals surface area contributed by atoms with Crippen molar-refractivity contribution in [3.8, 4) is 0 Å². The molecule has 2 atom stereocenters. The summed E-state index contributed by atoms with van der Waals surface area (Å²) in [6.07, 6.45) is 2.74. The highest BCUT2D eigenvalue weighted by atomic mass is 16.5. The van der Waals surface area contributed by atoms with E-state index in [0.29, 0.717) is 13.0 Å². The highest BCUT2D eigenvalue weighted by Crippen LogP contribution is 2.15. The smallest absolute Gasteiger partial charge is 0.221 e. The van der Waals surface area contributed by atoms with Gasteiger partial charge in [-0.2, -0.15) is 0 Å². The summed E-state index contributed by atoms with van der Waals surface area (Å²) in [4.78, 5) is 11.2. The van der Waals surface area contributed by atoms with Crippen LogP contribution in [0.25, 0.3) is 0 Å². The molecule has 13 heavy (non-hydrogen) atoms. The van der Waals surface area contributed by atoms with E-state index in [1.54, 1.807) is 0 Å². The molecule has 1 aliphatic heterocycles. The SMILES string of the molecule is CC(NC(=O)CCN)C1CCCO1. The molecule has 1 aliphatic rings. The van der Waals surface area contributed by atoms with E-state index in [0.717, 1.165) is 19.4 Å². The number of hydrogen-bond donors (Lipinski definition) is 2. The van der Waals surface area contributed by atoms with Crippen molar-refractivity contribution in [3.63, 3.8) is 0 Å². The Morgan fingerprint density at radius 1 is 1.77 bits per heavy atom. The van der Waals surface area contributed by atoms with Gasteiger partial charge in [0.15, 0.2) is 0 Å². The van der Waals surface area contributed by atoms with Gasteiger partial charge in [0.25, 0.3) is 0 Å². The predicted octanol–water partition coefficient (Wildman–Crippen LogP) is 0.0189. The van der Waals surface area contributed by atoms with Crippen molar-refractivity contribution in [2.24, 2.45) is 5.73 Å². The summed E-state index contributed by atoms with van der Waals surface area (Å²) in [6, 6.07) is 0.113. The van der Waals surface area contributed by atoms with Gasteiger partial charge in [-0.25, -0.2) is 0 Å². The van der Waals surface area contributed by atoms with Crippen LogP contribution < -0.4 is 11.1 Å². The van der Waals surface area contributed by atoms with Gasteiger partial charge in [-0.3, -0.25) is 4.79 Å². The van der Waals surface area contributed by atoms with Crippen LogP contribution in [0.4, 0.5) is 0 Å². The van der Waals surface area contributed by atoms with E-state index in [1.807, 2.05) is 6.92 Å².